The van der Waals surface area contributed by atoms with Gasteiger partial charge in [-0.05, 0) is 23.2 Å². The Morgan fingerprint density at radius 2 is 2.00 bits per heavy atom. The van der Waals surface area contributed by atoms with Crippen molar-refractivity contribution in [1.82, 2.24) is 14.0 Å². The number of aromatic nitrogens is 3. The summed E-state index contributed by atoms with van der Waals surface area (Å²) >= 11 is 7.36. The maximum absolute atomic E-state index is 12.3. The van der Waals surface area contributed by atoms with Crippen LogP contribution >= 0.6 is 23.1 Å². The average molecular weight is 292 g/mol. The summed E-state index contributed by atoms with van der Waals surface area (Å²) in [7, 11) is 0. The standard InChI is InChI=1S/C13H10ClN3OS/c14-12-11(9-10-5-2-1-3-6-10)13(18)17(19-12)16-8-4-7-15-16/h1-8H,9H2. The molecule has 0 aliphatic heterocycles. The van der Waals surface area contributed by atoms with E-state index in [-0.39, 0.29) is 5.56 Å². The molecule has 3 rings (SSSR count). The first-order valence-electron chi connectivity index (χ1n) is 5.70. The molecule has 96 valence electrons. The van der Waals surface area contributed by atoms with E-state index in [1.807, 2.05) is 30.3 Å². The predicted molar refractivity (Wildman–Crippen MR) is 75.9 cm³/mol. The normalized spacial score (nSPS) is 10.8. The number of rotatable bonds is 3. The maximum atomic E-state index is 12.3. The van der Waals surface area contributed by atoms with Crippen molar-refractivity contribution in [3.63, 3.8) is 0 Å². The van der Waals surface area contributed by atoms with Crippen LogP contribution in [0.25, 0.3) is 0 Å². The Morgan fingerprint density at radius 1 is 1.21 bits per heavy atom. The summed E-state index contributed by atoms with van der Waals surface area (Å²) in [5, 5.41) is 4.04. The molecule has 0 fully saturated rings. The van der Waals surface area contributed by atoms with Crippen LogP contribution in [0.3, 0.4) is 0 Å². The third-order valence-corrected chi connectivity index (χ3v) is 4.08. The number of benzene rings is 1. The fourth-order valence-corrected chi connectivity index (χ4v) is 2.96. The van der Waals surface area contributed by atoms with E-state index in [0.29, 0.717) is 16.3 Å². The smallest absolute Gasteiger partial charge is 0.266 e. The molecular formula is C13H10ClN3OS. The largest absolute Gasteiger partial charge is 0.286 e. The third-order valence-electron chi connectivity index (χ3n) is 2.74. The first kappa shape index (κ1) is 12.2. The van der Waals surface area contributed by atoms with Gasteiger partial charge in [0.1, 0.15) is 4.34 Å². The van der Waals surface area contributed by atoms with Crippen LogP contribution in [0, 0.1) is 0 Å². The summed E-state index contributed by atoms with van der Waals surface area (Å²) in [6.07, 6.45) is 3.86. The molecule has 4 nitrogen and oxygen atoms in total. The summed E-state index contributed by atoms with van der Waals surface area (Å²) in [4.78, 5) is 13.8. The Bertz CT molecular complexity index is 731. The van der Waals surface area contributed by atoms with Gasteiger partial charge in [-0.25, -0.2) is 0 Å². The van der Waals surface area contributed by atoms with Crippen molar-refractivity contribution in [3.8, 4) is 0 Å². The Balaban J connectivity index is 2.02. The van der Waals surface area contributed by atoms with Gasteiger partial charge in [-0.15, -0.1) is 4.07 Å². The van der Waals surface area contributed by atoms with Crippen molar-refractivity contribution in [3.05, 3.63) is 74.6 Å². The summed E-state index contributed by atoms with van der Waals surface area (Å²) in [6, 6.07) is 11.6. The molecule has 0 unspecified atom stereocenters. The molecule has 3 aromatic rings. The molecule has 0 atom stereocenters. The van der Waals surface area contributed by atoms with Gasteiger partial charge >= 0.3 is 0 Å². The van der Waals surface area contributed by atoms with Gasteiger partial charge in [0.2, 0.25) is 0 Å². The van der Waals surface area contributed by atoms with E-state index in [1.54, 1.807) is 18.5 Å². The lowest BCUT2D eigenvalue weighted by molar-refractivity contribution is 0.604. The number of hydrogen-bond donors (Lipinski definition) is 0. The van der Waals surface area contributed by atoms with E-state index in [0.717, 1.165) is 5.56 Å². The van der Waals surface area contributed by atoms with E-state index in [4.69, 9.17) is 11.6 Å². The van der Waals surface area contributed by atoms with Gasteiger partial charge in [-0.3, -0.25) is 4.79 Å². The number of hydrogen-bond acceptors (Lipinski definition) is 3. The first-order chi connectivity index (χ1) is 9.25. The van der Waals surface area contributed by atoms with Crippen molar-refractivity contribution in [2.24, 2.45) is 0 Å². The van der Waals surface area contributed by atoms with Gasteiger partial charge in [-0.2, -0.15) is 9.89 Å². The fourth-order valence-electron chi connectivity index (χ4n) is 1.82. The summed E-state index contributed by atoms with van der Waals surface area (Å²) in [6.45, 7) is 0. The minimum Gasteiger partial charge on any atom is -0.266 e. The Kier molecular flexibility index (Phi) is 3.23. The van der Waals surface area contributed by atoms with Crippen LogP contribution < -0.4 is 5.56 Å². The second kappa shape index (κ2) is 5.03. The minimum atomic E-state index is -0.123. The zero-order valence-electron chi connectivity index (χ0n) is 9.86. The average Bonchev–Trinajstić information content (AvgIpc) is 3.03. The SMILES string of the molecule is O=c1c(Cc2ccccc2)c(Cl)sn1-n1cccn1. The highest BCUT2D eigenvalue weighted by Crippen LogP contribution is 2.21. The van der Waals surface area contributed by atoms with Crippen LogP contribution in [0.2, 0.25) is 4.34 Å². The van der Waals surface area contributed by atoms with E-state index >= 15 is 0 Å². The van der Waals surface area contributed by atoms with Crippen LogP contribution in [0.1, 0.15) is 11.1 Å². The quantitative estimate of drug-likeness (QED) is 0.744. The predicted octanol–water partition coefficient (Wildman–Crippen LogP) is 2.66. The zero-order valence-corrected chi connectivity index (χ0v) is 11.4. The lowest BCUT2D eigenvalue weighted by Gasteiger charge is -1.98. The molecule has 2 aromatic heterocycles. The highest BCUT2D eigenvalue weighted by Gasteiger charge is 2.15. The van der Waals surface area contributed by atoms with Crippen LogP contribution in [-0.4, -0.2) is 14.0 Å². The molecule has 0 spiro atoms. The highest BCUT2D eigenvalue weighted by atomic mass is 35.5. The number of nitrogens with zero attached hydrogens (tertiary/aromatic N) is 3. The van der Waals surface area contributed by atoms with Crippen molar-refractivity contribution in [2.45, 2.75) is 6.42 Å². The molecule has 0 N–H and O–H groups in total. The molecule has 0 amide bonds. The molecule has 0 radical (unpaired) electrons. The summed E-state index contributed by atoms with van der Waals surface area (Å²) in [5.74, 6) is 0. The summed E-state index contributed by atoms with van der Waals surface area (Å²) in [5.41, 5.74) is 1.54. The van der Waals surface area contributed by atoms with E-state index < -0.39 is 0 Å². The van der Waals surface area contributed by atoms with Gasteiger partial charge in [0.05, 0.1) is 18.0 Å². The Hall–Kier alpha value is -1.85. The van der Waals surface area contributed by atoms with Gasteiger partial charge in [0.15, 0.2) is 0 Å². The van der Waals surface area contributed by atoms with E-state index in [2.05, 4.69) is 5.10 Å². The third kappa shape index (κ3) is 2.34. The van der Waals surface area contributed by atoms with E-state index in [9.17, 15) is 4.79 Å². The molecule has 0 saturated heterocycles. The first-order valence-corrected chi connectivity index (χ1v) is 6.86. The Labute approximate surface area is 118 Å². The van der Waals surface area contributed by atoms with Crippen LogP contribution in [-0.2, 0) is 6.42 Å². The highest BCUT2D eigenvalue weighted by molar-refractivity contribution is 7.11. The van der Waals surface area contributed by atoms with Crippen LogP contribution in [0.5, 0.6) is 0 Å². The van der Waals surface area contributed by atoms with Gasteiger partial charge in [0, 0.05) is 6.42 Å². The number of halogens is 1. The van der Waals surface area contributed by atoms with Crippen molar-refractivity contribution in [1.29, 1.82) is 0 Å². The molecule has 0 aliphatic rings. The zero-order chi connectivity index (χ0) is 13.2. The summed E-state index contributed by atoms with van der Waals surface area (Å²) < 4.78 is 1.95. The molecule has 0 saturated carbocycles. The molecular weight excluding hydrogens is 282 g/mol. The minimum absolute atomic E-state index is 0.123. The lowest BCUT2D eigenvalue weighted by atomic mass is 10.1. The van der Waals surface area contributed by atoms with Crippen LogP contribution in [0.15, 0.2) is 53.6 Å². The molecule has 0 bridgehead atoms. The molecule has 1 aromatic carbocycles. The van der Waals surface area contributed by atoms with Crippen molar-refractivity contribution >= 4 is 23.1 Å². The molecule has 6 heteroatoms. The van der Waals surface area contributed by atoms with Crippen LogP contribution in [0.4, 0.5) is 0 Å². The van der Waals surface area contributed by atoms with Gasteiger partial charge < -0.3 is 0 Å². The second-order valence-corrected chi connectivity index (χ2v) is 5.55. The van der Waals surface area contributed by atoms with E-state index in [1.165, 1.54) is 20.4 Å². The molecule has 2 heterocycles. The Morgan fingerprint density at radius 3 is 2.68 bits per heavy atom. The fraction of sp³-hybridized carbons (Fsp3) is 0.0769. The monoisotopic (exact) mass is 291 g/mol. The topological polar surface area (TPSA) is 39.8 Å². The molecule has 0 aliphatic carbocycles. The van der Waals surface area contributed by atoms with Crippen molar-refractivity contribution < 1.29 is 0 Å². The maximum Gasteiger partial charge on any atom is 0.286 e. The molecule has 19 heavy (non-hydrogen) atoms. The van der Waals surface area contributed by atoms with Crippen molar-refractivity contribution in [2.75, 3.05) is 0 Å². The van der Waals surface area contributed by atoms with Gasteiger partial charge in [0.25, 0.3) is 5.56 Å². The lowest BCUT2D eigenvalue weighted by Crippen LogP contribution is -2.22. The van der Waals surface area contributed by atoms with Gasteiger partial charge in [-0.1, -0.05) is 41.9 Å². The second-order valence-electron chi connectivity index (χ2n) is 4.01.